The summed E-state index contributed by atoms with van der Waals surface area (Å²) in [6.45, 7) is 1.88. The Labute approximate surface area is 98.3 Å². The number of anilines is 1. The van der Waals surface area contributed by atoms with E-state index in [1.807, 2.05) is 6.92 Å². The van der Waals surface area contributed by atoms with Gasteiger partial charge in [0.25, 0.3) is 5.91 Å². The Morgan fingerprint density at radius 3 is 2.82 bits per heavy atom. The second kappa shape index (κ2) is 4.74. The van der Waals surface area contributed by atoms with Crippen molar-refractivity contribution in [2.24, 2.45) is 0 Å². The molecule has 4 heteroatoms. The highest BCUT2D eigenvalue weighted by atomic mass is 19.1. The molecule has 0 fully saturated rings. The number of hydrogen-bond donors (Lipinski definition) is 1. The molecule has 0 spiro atoms. The Morgan fingerprint density at radius 1 is 1.29 bits per heavy atom. The van der Waals surface area contributed by atoms with E-state index < -0.39 is 5.82 Å². The van der Waals surface area contributed by atoms with E-state index in [1.165, 1.54) is 18.2 Å². The summed E-state index contributed by atoms with van der Waals surface area (Å²) in [6.07, 6.45) is 3.24. The van der Waals surface area contributed by atoms with Gasteiger partial charge >= 0.3 is 0 Å². The predicted molar refractivity (Wildman–Crippen MR) is 63.3 cm³/mol. The molecule has 0 radical (unpaired) electrons. The number of amides is 1. The quantitative estimate of drug-likeness (QED) is 0.861. The van der Waals surface area contributed by atoms with Crippen LogP contribution in [0.4, 0.5) is 10.1 Å². The lowest BCUT2D eigenvalue weighted by molar-refractivity contribution is 0.102. The maximum Gasteiger partial charge on any atom is 0.255 e. The summed E-state index contributed by atoms with van der Waals surface area (Å²) in [5.74, 6) is -0.781. The molecule has 0 saturated heterocycles. The summed E-state index contributed by atoms with van der Waals surface area (Å²) in [4.78, 5) is 15.7. The van der Waals surface area contributed by atoms with Crippen LogP contribution in [-0.2, 0) is 0 Å². The first-order valence-electron chi connectivity index (χ1n) is 5.14. The standard InChI is InChI=1S/C13H11FN2O/c1-9-5-12(8-15-7-9)16-13(17)10-3-2-4-11(14)6-10/h2-8H,1H3,(H,16,17). The van der Waals surface area contributed by atoms with Crippen molar-refractivity contribution in [2.75, 3.05) is 5.32 Å². The Balaban J connectivity index is 2.17. The first kappa shape index (κ1) is 11.3. The van der Waals surface area contributed by atoms with Gasteiger partial charge in [0.1, 0.15) is 5.82 Å². The zero-order valence-corrected chi connectivity index (χ0v) is 9.27. The van der Waals surface area contributed by atoms with Crippen LogP contribution in [-0.4, -0.2) is 10.9 Å². The molecule has 1 heterocycles. The molecule has 0 bridgehead atoms. The van der Waals surface area contributed by atoms with Gasteiger partial charge in [0.05, 0.1) is 11.9 Å². The fourth-order valence-electron chi connectivity index (χ4n) is 1.46. The van der Waals surface area contributed by atoms with E-state index in [1.54, 1.807) is 24.5 Å². The third-order valence-corrected chi connectivity index (χ3v) is 2.22. The molecule has 0 aliphatic heterocycles. The van der Waals surface area contributed by atoms with Crippen LogP contribution in [0.2, 0.25) is 0 Å². The first-order chi connectivity index (χ1) is 8.15. The monoisotopic (exact) mass is 230 g/mol. The summed E-state index contributed by atoms with van der Waals surface area (Å²) < 4.78 is 12.9. The average Bonchev–Trinajstić information content (AvgIpc) is 2.29. The number of benzene rings is 1. The highest BCUT2D eigenvalue weighted by Gasteiger charge is 2.06. The van der Waals surface area contributed by atoms with Crippen molar-refractivity contribution in [3.63, 3.8) is 0 Å². The average molecular weight is 230 g/mol. The number of aryl methyl sites for hydroxylation is 1. The van der Waals surface area contributed by atoms with Gasteiger partial charge in [0.2, 0.25) is 0 Å². The Kier molecular flexibility index (Phi) is 3.14. The number of carbonyl (C=O) groups excluding carboxylic acids is 1. The normalized spacial score (nSPS) is 10.0. The minimum atomic E-state index is -0.431. The van der Waals surface area contributed by atoms with E-state index in [0.717, 1.165) is 5.56 Å². The molecule has 0 atom stereocenters. The molecule has 2 rings (SSSR count). The molecule has 86 valence electrons. The number of halogens is 1. The van der Waals surface area contributed by atoms with E-state index in [-0.39, 0.29) is 11.5 Å². The molecule has 0 aliphatic rings. The van der Waals surface area contributed by atoms with Crippen LogP contribution in [0.5, 0.6) is 0 Å². The lowest BCUT2D eigenvalue weighted by Gasteiger charge is -2.05. The van der Waals surface area contributed by atoms with Gasteiger partial charge in [-0.25, -0.2) is 4.39 Å². The number of rotatable bonds is 2. The van der Waals surface area contributed by atoms with Crippen molar-refractivity contribution in [1.82, 2.24) is 4.98 Å². The zero-order valence-electron chi connectivity index (χ0n) is 9.27. The summed E-state index contributed by atoms with van der Waals surface area (Å²) in [6, 6.07) is 7.34. The topological polar surface area (TPSA) is 42.0 Å². The van der Waals surface area contributed by atoms with Crippen LogP contribution < -0.4 is 5.32 Å². The number of carbonyl (C=O) groups is 1. The third kappa shape index (κ3) is 2.87. The molecule has 1 aromatic carbocycles. The lowest BCUT2D eigenvalue weighted by atomic mass is 10.2. The maximum atomic E-state index is 12.9. The summed E-state index contributed by atoms with van der Waals surface area (Å²) >= 11 is 0. The summed E-state index contributed by atoms with van der Waals surface area (Å²) in [5, 5.41) is 2.66. The fraction of sp³-hybridized carbons (Fsp3) is 0.0769. The number of pyridine rings is 1. The van der Waals surface area contributed by atoms with Gasteiger partial charge in [0, 0.05) is 11.8 Å². The van der Waals surface area contributed by atoms with E-state index in [9.17, 15) is 9.18 Å². The summed E-state index contributed by atoms with van der Waals surface area (Å²) in [5.41, 5.74) is 1.83. The minimum Gasteiger partial charge on any atom is -0.321 e. The Morgan fingerprint density at radius 2 is 2.12 bits per heavy atom. The van der Waals surface area contributed by atoms with Crippen LogP contribution in [0.15, 0.2) is 42.7 Å². The van der Waals surface area contributed by atoms with E-state index in [4.69, 9.17) is 0 Å². The smallest absolute Gasteiger partial charge is 0.255 e. The highest BCUT2D eigenvalue weighted by Crippen LogP contribution is 2.10. The van der Waals surface area contributed by atoms with Crippen LogP contribution in [0.3, 0.4) is 0 Å². The molecule has 1 amide bonds. The maximum absolute atomic E-state index is 12.9. The number of nitrogens with one attached hydrogen (secondary N) is 1. The summed E-state index contributed by atoms with van der Waals surface area (Å²) in [7, 11) is 0. The molecule has 0 unspecified atom stereocenters. The second-order valence-corrected chi connectivity index (χ2v) is 3.72. The van der Waals surface area contributed by atoms with Gasteiger partial charge in [-0.15, -0.1) is 0 Å². The molecule has 2 aromatic rings. The molecule has 17 heavy (non-hydrogen) atoms. The molecule has 1 N–H and O–H groups in total. The fourth-order valence-corrected chi connectivity index (χ4v) is 1.46. The van der Waals surface area contributed by atoms with Crippen molar-refractivity contribution in [3.8, 4) is 0 Å². The largest absolute Gasteiger partial charge is 0.321 e. The van der Waals surface area contributed by atoms with Gasteiger partial charge in [0.15, 0.2) is 0 Å². The molecule has 0 aliphatic carbocycles. The van der Waals surface area contributed by atoms with Gasteiger partial charge in [-0.05, 0) is 36.8 Å². The molecular weight excluding hydrogens is 219 g/mol. The number of hydrogen-bond acceptors (Lipinski definition) is 2. The van der Waals surface area contributed by atoms with Gasteiger partial charge in [-0.1, -0.05) is 6.07 Å². The van der Waals surface area contributed by atoms with Gasteiger partial charge in [-0.3, -0.25) is 9.78 Å². The van der Waals surface area contributed by atoms with Gasteiger partial charge < -0.3 is 5.32 Å². The predicted octanol–water partition coefficient (Wildman–Crippen LogP) is 2.78. The molecule has 3 nitrogen and oxygen atoms in total. The zero-order chi connectivity index (χ0) is 12.3. The van der Waals surface area contributed by atoms with E-state index in [0.29, 0.717) is 5.69 Å². The van der Waals surface area contributed by atoms with Crippen LogP contribution >= 0.6 is 0 Å². The molecular formula is C13H11FN2O. The van der Waals surface area contributed by atoms with Crippen LogP contribution in [0.25, 0.3) is 0 Å². The van der Waals surface area contributed by atoms with Crippen LogP contribution in [0, 0.1) is 12.7 Å². The molecule has 1 aromatic heterocycles. The van der Waals surface area contributed by atoms with Crippen molar-refractivity contribution >= 4 is 11.6 Å². The Hall–Kier alpha value is -2.23. The van der Waals surface area contributed by atoms with Crippen molar-refractivity contribution in [2.45, 2.75) is 6.92 Å². The lowest BCUT2D eigenvalue weighted by Crippen LogP contribution is -2.12. The second-order valence-electron chi connectivity index (χ2n) is 3.72. The van der Waals surface area contributed by atoms with Gasteiger partial charge in [-0.2, -0.15) is 0 Å². The molecule has 0 saturated carbocycles. The van der Waals surface area contributed by atoms with Crippen molar-refractivity contribution in [1.29, 1.82) is 0 Å². The Bertz CT molecular complexity index is 555. The first-order valence-corrected chi connectivity index (χ1v) is 5.14. The van der Waals surface area contributed by atoms with E-state index in [2.05, 4.69) is 10.3 Å². The highest BCUT2D eigenvalue weighted by molar-refractivity contribution is 6.04. The number of nitrogens with zero attached hydrogens (tertiary/aromatic N) is 1. The van der Waals surface area contributed by atoms with E-state index >= 15 is 0 Å². The van der Waals surface area contributed by atoms with Crippen LogP contribution in [0.1, 0.15) is 15.9 Å². The number of aromatic nitrogens is 1. The van der Waals surface area contributed by atoms with Crippen molar-refractivity contribution < 1.29 is 9.18 Å². The third-order valence-electron chi connectivity index (χ3n) is 2.22. The SMILES string of the molecule is Cc1cncc(NC(=O)c2cccc(F)c2)c1. The minimum absolute atomic E-state index is 0.284. The van der Waals surface area contributed by atoms with Crippen molar-refractivity contribution in [3.05, 3.63) is 59.7 Å².